The Bertz CT molecular complexity index is 1170. The first-order chi connectivity index (χ1) is 16.6. The lowest BCUT2D eigenvalue weighted by molar-refractivity contribution is 0.810. The molecule has 0 saturated heterocycles. The molecule has 178 valence electrons. The topological polar surface area (TPSA) is 155 Å². The highest BCUT2D eigenvalue weighted by atomic mass is 32.1. The fraction of sp³-hybridized carbons (Fsp3) is 0.300. The fourth-order valence-corrected chi connectivity index (χ4v) is 4.39. The van der Waals surface area contributed by atoms with Crippen molar-refractivity contribution in [2.75, 3.05) is 59.3 Å². The highest BCUT2D eigenvalue weighted by molar-refractivity contribution is 7.08. The van der Waals surface area contributed by atoms with Crippen LogP contribution in [0.5, 0.6) is 0 Å². The van der Waals surface area contributed by atoms with Gasteiger partial charge in [0, 0.05) is 27.2 Å². The molecule has 0 spiro atoms. The maximum Gasteiger partial charge on any atom is 0.251 e. The molecule has 0 fully saturated rings. The zero-order chi connectivity index (χ0) is 23.8. The minimum atomic E-state index is 0.110. The summed E-state index contributed by atoms with van der Waals surface area (Å²) in [5.41, 5.74) is 11.6. The van der Waals surface area contributed by atoms with Crippen molar-refractivity contribution in [2.24, 2.45) is 0 Å². The van der Waals surface area contributed by atoms with Gasteiger partial charge in [-0.3, -0.25) is 10.4 Å². The van der Waals surface area contributed by atoms with Crippen molar-refractivity contribution in [3.8, 4) is 0 Å². The van der Waals surface area contributed by atoms with E-state index < -0.39 is 0 Å². The van der Waals surface area contributed by atoms with Crippen molar-refractivity contribution in [3.05, 3.63) is 44.8 Å². The molecule has 0 amide bonds. The van der Waals surface area contributed by atoms with Crippen molar-refractivity contribution < 1.29 is 0 Å². The van der Waals surface area contributed by atoms with Gasteiger partial charge in [0.2, 0.25) is 29.7 Å². The first-order valence-electron chi connectivity index (χ1n) is 10.6. The summed E-state index contributed by atoms with van der Waals surface area (Å²) in [5.74, 6) is 2.06. The van der Waals surface area contributed by atoms with Crippen LogP contribution in [0.4, 0.5) is 35.7 Å². The second-order valence-corrected chi connectivity index (χ2v) is 8.64. The quantitative estimate of drug-likeness (QED) is 0.182. The Morgan fingerprint density at radius 3 is 2.12 bits per heavy atom. The lowest BCUT2D eigenvalue weighted by Crippen LogP contribution is -2.35. The number of nitrogens with zero attached hydrogens (tertiary/aromatic N) is 7. The molecule has 34 heavy (non-hydrogen) atoms. The van der Waals surface area contributed by atoms with Crippen LogP contribution in [0.1, 0.15) is 11.1 Å². The zero-order valence-corrected chi connectivity index (χ0v) is 20.4. The van der Waals surface area contributed by atoms with Crippen LogP contribution in [0.15, 0.2) is 33.7 Å². The molecule has 0 atom stereocenters. The van der Waals surface area contributed by atoms with Crippen LogP contribution in [0.25, 0.3) is 0 Å². The Labute approximate surface area is 205 Å². The summed E-state index contributed by atoms with van der Waals surface area (Å²) in [6.07, 6.45) is 1.63. The van der Waals surface area contributed by atoms with E-state index >= 15 is 0 Å². The number of hydrogen-bond donors (Lipinski definition) is 5. The van der Waals surface area contributed by atoms with E-state index in [1.54, 1.807) is 41.8 Å². The van der Waals surface area contributed by atoms with Gasteiger partial charge in [-0.15, -0.1) is 0 Å². The second kappa shape index (κ2) is 11.4. The third-order valence-corrected chi connectivity index (χ3v) is 6.15. The SMILES string of the molecule is CNc1nc(NCCc2ccsc2)nc(NN(CCc2ccsc2)c2nc(N)nc(NC)n2)n1. The van der Waals surface area contributed by atoms with E-state index in [2.05, 4.69) is 79.6 Å². The maximum atomic E-state index is 5.91. The molecular formula is C20H26N12S2. The summed E-state index contributed by atoms with van der Waals surface area (Å²) >= 11 is 3.34. The third-order valence-electron chi connectivity index (χ3n) is 4.68. The van der Waals surface area contributed by atoms with E-state index in [-0.39, 0.29) is 5.95 Å². The largest absolute Gasteiger partial charge is 0.368 e. The Balaban J connectivity index is 1.54. The van der Waals surface area contributed by atoms with Gasteiger partial charge in [-0.25, -0.2) is 0 Å². The molecule has 0 radical (unpaired) electrons. The van der Waals surface area contributed by atoms with Gasteiger partial charge in [0.25, 0.3) is 5.95 Å². The van der Waals surface area contributed by atoms with Gasteiger partial charge in [-0.2, -0.15) is 52.6 Å². The molecule has 6 N–H and O–H groups in total. The van der Waals surface area contributed by atoms with Gasteiger partial charge in [0.15, 0.2) is 0 Å². The van der Waals surface area contributed by atoms with Crippen LogP contribution >= 0.6 is 22.7 Å². The fourth-order valence-electron chi connectivity index (χ4n) is 2.99. The summed E-state index contributed by atoms with van der Waals surface area (Å²) in [4.78, 5) is 26.2. The summed E-state index contributed by atoms with van der Waals surface area (Å²) < 4.78 is 0. The van der Waals surface area contributed by atoms with Gasteiger partial charge < -0.3 is 21.7 Å². The van der Waals surface area contributed by atoms with E-state index in [0.717, 1.165) is 12.8 Å². The molecule has 4 aromatic rings. The molecular weight excluding hydrogens is 472 g/mol. The minimum Gasteiger partial charge on any atom is -0.368 e. The lowest BCUT2D eigenvalue weighted by Gasteiger charge is -2.23. The van der Waals surface area contributed by atoms with E-state index in [1.807, 2.05) is 5.38 Å². The molecule has 0 bridgehead atoms. The number of hydrazine groups is 1. The smallest absolute Gasteiger partial charge is 0.251 e. The molecule has 4 heterocycles. The summed E-state index contributed by atoms with van der Waals surface area (Å²) in [5, 5.41) is 19.3. The summed E-state index contributed by atoms with van der Waals surface area (Å²) in [6, 6.07) is 4.19. The number of nitrogen functional groups attached to an aromatic ring is 1. The molecule has 4 rings (SSSR count). The first-order valence-corrected chi connectivity index (χ1v) is 12.4. The van der Waals surface area contributed by atoms with E-state index in [9.17, 15) is 0 Å². The number of hydrogen-bond acceptors (Lipinski definition) is 14. The van der Waals surface area contributed by atoms with E-state index in [4.69, 9.17) is 5.73 Å². The molecule has 0 saturated carbocycles. The summed E-state index contributed by atoms with van der Waals surface area (Å²) in [6.45, 7) is 1.24. The molecule has 0 aliphatic rings. The van der Waals surface area contributed by atoms with Crippen molar-refractivity contribution >= 4 is 58.4 Å². The maximum absolute atomic E-state index is 5.91. The average Bonchev–Trinajstić information content (AvgIpc) is 3.55. The van der Waals surface area contributed by atoms with Gasteiger partial charge in [-0.05, 0) is 57.6 Å². The van der Waals surface area contributed by atoms with Crippen LogP contribution < -0.4 is 32.1 Å². The Morgan fingerprint density at radius 2 is 1.44 bits per heavy atom. The molecule has 12 nitrogen and oxygen atoms in total. The minimum absolute atomic E-state index is 0.110. The number of nitrogens with two attached hydrogens (primary N) is 1. The Kier molecular flexibility index (Phi) is 7.83. The van der Waals surface area contributed by atoms with Crippen molar-refractivity contribution in [1.82, 2.24) is 29.9 Å². The molecule has 0 unspecified atom stereocenters. The van der Waals surface area contributed by atoms with Crippen LogP contribution in [0, 0.1) is 0 Å². The molecule has 0 aromatic carbocycles. The van der Waals surface area contributed by atoms with Gasteiger partial charge >= 0.3 is 0 Å². The summed E-state index contributed by atoms with van der Waals surface area (Å²) in [7, 11) is 3.48. The van der Waals surface area contributed by atoms with E-state index in [0.29, 0.717) is 42.8 Å². The zero-order valence-electron chi connectivity index (χ0n) is 18.8. The van der Waals surface area contributed by atoms with Crippen molar-refractivity contribution in [1.29, 1.82) is 0 Å². The molecule has 0 aliphatic heterocycles. The van der Waals surface area contributed by atoms with Crippen molar-refractivity contribution in [3.63, 3.8) is 0 Å². The number of nitrogens with one attached hydrogen (secondary N) is 4. The standard InChI is InChI=1S/C20H26N12S2/c1-22-16-25-15(21)26-20(30-16)32(8-4-14-6-10-34-12-14)31-19-28-17(23-2)27-18(29-19)24-7-3-13-5-9-33-11-13/h5-6,9-12H,3-4,7-8H2,1-2H3,(H3,21,22,25,26,30)(H3,23,24,27,28,29,31). The molecule has 14 heteroatoms. The first kappa shape index (κ1) is 23.4. The number of thiophene rings is 2. The molecule has 4 aromatic heterocycles. The normalized spacial score (nSPS) is 10.6. The van der Waals surface area contributed by atoms with Gasteiger partial charge in [0.05, 0.1) is 0 Å². The third kappa shape index (κ3) is 6.39. The van der Waals surface area contributed by atoms with Gasteiger partial charge in [0.1, 0.15) is 0 Å². The van der Waals surface area contributed by atoms with Crippen LogP contribution in [-0.2, 0) is 12.8 Å². The van der Waals surface area contributed by atoms with Crippen LogP contribution in [-0.4, -0.2) is 57.1 Å². The highest BCUT2D eigenvalue weighted by Gasteiger charge is 2.16. The average molecular weight is 499 g/mol. The van der Waals surface area contributed by atoms with E-state index in [1.165, 1.54) is 11.1 Å². The number of rotatable bonds is 12. The Morgan fingerprint density at radius 1 is 0.794 bits per heavy atom. The Hall–Kier alpha value is -3.78. The monoisotopic (exact) mass is 498 g/mol. The number of aromatic nitrogens is 6. The highest BCUT2D eigenvalue weighted by Crippen LogP contribution is 2.17. The number of anilines is 6. The van der Waals surface area contributed by atoms with Crippen molar-refractivity contribution in [2.45, 2.75) is 12.8 Å². The van der Waals surface area contributed by atoms with Crippen LogP contribution in [0.2, 0.25) is 0 Å². The second-order valence-electron chi connectivity index (χ2n) is 7.08. The van der Waals surface area contributed by atoms with Gasteiger partial charge in [-0.1, -0.05) is 0 Å². The lowest BCUT2D eigenvalue weighted by atomic mass is 10.2. The van der Waals surface area contributed by atoms with Crippen LogP contribution in [0.3, 0.4) is 0 Å². The predicted octanol–water partition coefficient (Wildman–Crippen LogP) is 2.58. The predicted molar refractivity (Wildman–Crippen MR) is 139 cm³/mol. The molecule has 0 aliphatic carbocycles.